The van der Waals surface area contributed by atoms with Crippen LogP contribution in [0.2, 0.25) is 0 Å². The molecule has 104 valence electrons. The van der Waals surface area contributed by atoms with Gasteiger partial charge in [-0.1, -0.05) is 13.8 Å². The fraction of sp³-hybridized carbons (Fsp3) is 0.933. The van der Waals surface area contributed by atoms with E-state index in [4.69, 9.17) is 9.47 Å². The molecule has 3 nitrogen and oxygen atoms in total. The smallest absolute Gasteiger partial charge is 0.313 e. The molecule has 0 aromatic heterocycles. The number of fused-ring (bicyclic) bond motifs is 1. The lowest BCUT2D eigenvalue weighted by atomic mass is 9.47. The fourth-order valence-electron chi connectivity index (χ4n) is 2.91. The molecule has 0 aliphatic heterocycles. The highest BCUT2D eigenvalue weighted by molar-refractivity contribution is 5.75. The van der Waals surface area contributed by atoms with Gasteiger partial charge in [0.05, 0.1) is 11.5 Å². The number of rotatable bonds is 5. The van der Waals surface area contributed by atoms with E-state index in [9.17, 15) is 4.79 Å². The molecule has 2 fully saturated rings. The molecule has 0 bridgehead atoms. The van der Waals surface area contributed by atoms with E-state index < -0.39 is 11.7 Å². The van der Waals surface area contributed by atoms with E-state index in [-0.39, 0.29) is 12.1 Å². The van der Waals surface area contributed by atoms with Gasteiger partial charge in [0.25, 0.3) is 0 Å². The Hall–Kier alpha value is -0.570. The molecule has 3 heteroatoms. The molecule has 0 aromatic rings. The van der Waals surface area contributed by atoms with Crippen molar-refractivity contribution >= 4 is 5.97 Å². The first-order chi connectivity index (χ1) is 8.29. The maximum absolute atomic E-state index is 11.9. The predicted octanol–water partition coefficient (Wildman–Crippen LogP) is 3.52. The largest absolute Gasteiger partial charge is 0.436 e. The van der Waals surface area contributed by atoms with Gasteiger partial charge in [-0.2, -0.15) is 0 Å². The molecule has 0 N–H and O–H groups in total. The number of hydrogen-bond acceptors (Lipinski definition) is 3. The topological polar surface area (TPSA) is 35.5 Å². The molecule has 2 aliphatic carbocycles. The molecule has 4 unspecified atom stereocenters. The van der Waals surface area contributed by atoms with Gasteiger partial charge < -0.3 is 9.47 Å². The van der Waals surface area contributed by atoms with Crippen molar-refractivity contribution in [2.24, 2.45) is 16.7 Å². The maximum Gasteiger partial charge on any atom is 0.313 e. The van der Waals surface area contributed by atoms with Crippen molar-refractivity contribution in [3.63, 3.8) is 0 Å². The van der Waals surface area contributed by atoms with Crippen molar-refractivity contribution in [3.05, 3.63) is 0 Å². The average molecular weight is 254 g/mol. The molecule has 2 rings (SSSR count). The summed E-state index contributed by atoms with van der Waals surface area (Å²) in [5.41, 5.74) is -0.0545. The summed E-state index contributed by atoms with van der Waals surface area (Å²) in [5, 5.41) is 0. The van der Waals surface area contributed by atoms with Crippen LogP contribution in [0.25, 0.3) is 0 Å². The summed E-state index contributed by atoms with van der Waals surface area (Å²) >= 11 is 0. The minimum Gasteiger partial charge on any atom is -0.436 e. The molecular weight excluding hydrogens is 228 g/mol. The van der Waals surface area contributed by atoms with E-state index >= 15 is 0 Å². The van der Waals surface area contributed by atoms with Crippen LogP contribution in [0, 0.1) is 16.7 Å². The highest BCUT2D eigenvalue weighted by Gasteiger charge is 2.58. The van der Waals surface area contributed by atoms with Gasteiger partial charge in [0.2, 0.25) is 0 Å². The van der Waals surface area contributed by atoms with E-state index in [0.717, 1.165) is 18.8 Å². The van der Waals surface area contributed by atoms with Crippen molar-refractivity contribution in [2.75, 3.05) is 0 Å². The van der Waals surface area contributed by atoms with Gasteiger partial charge in [-0.05, 0) is 57.8 Å². The van der Waals surface area contributed by atoms with Crippen LogP contribution in [-0.2, 0) is 14.3 Å². The van der Waals surface area contributed by atoms with Gasteiger partial charge in [0.1, 0.15) is 0 Å². The van der Waals surface area contributed by atoms with Crippen molar-refractivity contribution in [1.29, 1.82) is 0 Å². The summed E-state index contributed by atoms with van der Waals surface area (Å²) in [7, 11) is 0. The van der Waals surface area contributed by atoms with Crippen molar-refractivity contribution in [1.82, 2.24) is 0 Å². The third-order valence-corrected chi connectivity index (χ3v) is 5.26. The Balaban J connectivity index is 1.79. The first-order valence-corrected chi connectivity index (χ1v) is 7.16. The van der Waals surface area contributed by atoms with Crippen molar-refractivity contribution < 1.29 is 14.3 Å². The molecule has 0 heterocycles. The second-order valence-electron chi connectivity index (χ2n) is 6.81. The molecule has 0 spiro atoms. The van der Waals surface area contributed by atoms with Gasteiger partial charge in [-0.25, -0.2) is 0 Å². The number of carbonyl (C=O) groups is 1. The number of esters is 1. The Morgan fingerprint density at radius 1 is 1.50 bits per heavy atom. The lowest BCUT2D eigenvalue weighted by molar-refractivity contribution is -0.263. The number of hydrogen-bond donors (Lipinski definition) is 0. The quantitative estimate of drug-likeness (QED) is 0.556. The Morgan fingerprint density at radius 2 is 2.17 bits per heavy atom. The molecule has 4 atom stereocenters. The Morgan fingerprint density at radius 3 is 2.56 bits per heavy atom. The lowest BCUT2D eigenvalue weighted by Gasteiger charge is -2.62. The molecule has 18 heavy (non-hydrogen) atoms. The van der Waals surface area contributed by atoms with Crippen LogP contribution in [0.5, 0.6) is 0 Å². The normalized spacial score (nSPS) is 36.1. The summed E-state index contributed by atoms with van der Waals surface area (Å²) in [6.45, 7) is 9.95. The van der Waals surface area contributed by atoms with Gasteiger partial charge in [0, 0.05) is 0 Å². The Bertz CT molecular complexity index is 337. The van der Waals surface area contributed by atoms with Crippen LogP contribution in [0.4, 0.5) is 0 Å². The van der Waals surface area contributed by atoms with Gasteiger partial charge in [-0.15, -0.1) is 0 Å². The second kappa shape index (κ2) is 4.52. The van der Waals surface area contributed by atoms with E-state index in [1.807, 2.05) is 27.7 Å². The van der Waals surface area contributed by atoms with Crippen molar-refractivity contribution in [2.45, 2.75) is 72.7 Å². The standard InChI is InChI=1S/C15H26O3/c1-6-14(3,4)13(16)18-10(2)17-12-9-11-7-8-15(11,12)5/h10-12H,6-9H2,1-5H3. The molecule has 0 aromatic carbocycles. The van der Waals surface area contributed by atoms with Gasteiger partial charge in [-0.3, -0.25) is 4.79 Å². The Labute approximate surface area is 110 Å². The average Bonchev–Trinajstić information content (AvgIpc) is 2.32. The summed E-state index contributed by atoms with van der Waals surface area (Å²) in [6.07, 6.45) is 4.37. The zero-order valence-electron chi connectivity index (χ0n) is 12.3. The molecule has 0 saturated heterocycles. The number of ether oxygens (including phenoxy) is 2. The zero-order valence-corrected chi connectivity index (χ0v) is 12.3. The lowest BCUT2D eigenvalue weighted by Crippen LogP contribution is -2.59. The van der Waals surface area contributed by atoms with Crippen molar-refractivity contribution in [3.8, 4) is 0 Å². The summed E-state index contributed by atoms with van der Waals surface area (Å²) in [5.74, 6) is 0.685. The third kappa shape index (κ3) is 2.18. The maximum atomic E-state index is 11.9. The minimum atomic E-state index is -0.424. The third-order valence-electron chi connectivity index (χ3n) is 5.26. The molecule has 0 amide bonds. The molecule has 2 aliphatic rings. The minimum absolute atomic E-state index is 0.160. The van der Waals surface area contributed by atoms with Crippen LogP contribution in [-0.4, -0.2) is 18.4 Å². The Kier molecular flexibility index (Phi) is 3.48. The monoisotopic (exact) mass is 254 g/mol. The summed E-state index contributed by atoms with van der Waals surface area (Å²) < 4.78 is 11.3. The fourth-order valence-corrected chi connectivity index (χ4v) is 2.91. The van der Waals surface area contributed by atoms with Crippen LogP contribution in [0.3, 0.4) is 0 Å². The van der Waals surface area contributed by atoms with Gasteiger partial charge in [0.15, 0.2) is 6.29 Å². The second-order valence-corrected chi connectivity index (χ2v) is 6.81. The van der Waals surface area contributed by atoms with E-state index in [2.05, 4.69) is 6.92 Å². The number of carbonyl (C=O) groups excluding carboxylic acids is 1. The highest BCUT2D eigenvalue weighted by Crippen LogP contribution is 2.62. The summed E-state index contributed by atoms with van der Waals surface area (Å²) in [6, 6.07) is 0. The summed E-state index contributed by atoms with van der Waals surface area (Å²) in [4.78, 5) is 11.9. The molecule has 2 saturated carbocycles. The molecule has 0 radical (unpaired) electrons. The van der Waals surface area contributed by atoms with Gasteiger partial charge >= 0.3 is 5.97 Å². The molecular formula is C15H26O3. The predicted molar refractivity (Wildman–Crippen MR) is 69.9 cm³/mol. The van der Waals surface area contributed by atoms with Crippen LogP contribution in [0.1, 0.15) is 60.3 Å². The van der Waals surface area contributed by atoms with E-state index in [1.54, 1.807) is 0 Å². The highest BCUT2D eigenvalue weighted by atomic mass is 16.7. The van der Waals surface area contributed by atoms with E-state index in [1.165, 1.54) is 12.8 Å². The zero-order chi connectivity index (χ0) is 13.6. The van der Waals surface area contributed by atoms with Crippen LogP contribution >= 0.6 is 0 Å². The van der Waals surface area contributed by atoms with Crippen LogP contribution in [0.15, 0.2) is 0 Å². The van der Waals surface area contributed by atoms with Crippen LogP contribution < -0.4 is 0 Å². The first-order valence-electron chi connectivity index (χ1n) is 7.16. The van der Waals surface area contributed by atoms with E-state index in [0.29, 0.717) is 5.41 Å². The SMILES string of the molecule is CCC(C)(C)C(=O)OC(C)OC1CC2CCC21C. The first kappa shape index (κ1) is 13.9.